The van der Waals surface area contributed by atoms with Crippen LogP contribution in [0.3, 0.4) is 0 Å². The molecule has 3 heteroatoms. The lowest BCUT2D eigenvalue weighted by Gasteiger charge is -2.03. The van der Waals surface area contributed by atoms with E-state index in [1.165, 1.54) is 0 Å². The van der Waals surface area contributed by atoms with Gasteiger partial charge in [-0.2, -0.15) is 0 Å². The molecule has 1 radical (unpaired) electrons. The van der Waals surface area contributed by atoms with Crippen LogP contribution in [0.15, 0.2) is 12.2 Å². The quantitative estimate of drug-likeness (QED) is 0.462. The van der Waals surface area contributed by atoms with Crippen molar-refractivity contribution in [2.24, 2.45) is 0 Å². The van der Waals surface area contributed by atoms with Crippen LogP contribution >= 0.6 is 0 Å². The van der Waals surface area contributed by atoms with Crippen molar-refractivity contribution in [3.05, 3.63) is 19.1 Å². The second-order valence-electron chi connectivity index (χ2n) is 2.20. The molecule has 0 fully saturated rings. The van der Waals surface area contributed by atoms with Gasteiger partial charge in [0.1, 0.15) is 6.61 Å². The van der Waals surface area contributed by atoms with Crippen molar-refractivity contribution < 1.29 is 14.3 Å². The molecular formula is C8H13O3. The van der Waals surface area contributed by atoms with Gasteiger partial charge in [0.2, 0.25) is 0 Å². The molecule has 3 nitrogen and oxygen atoms in total. The maximum Gasteiger partial charge on any atom is 0.508 e. The fourth-order valence-corrected chi connectivity index (χ4v) is 0.379. The van der Waals surface area contributed by atoms with Crippen LogP contribution < -0.4 is 0 Å². The smallest absolute Gasteiger partial charge is 0.434 e. The fourth-order valence-electron chi connectivity index (χ4n) is 0.379. The van der Waals surface area contributed by atoms with Gasteiger partial charge in [0.05, 0.1) is 6.61 Å². The van der Waals surface area contributed by atoms with E-state index in [1.807, 2.05) is 0 Å². The standard InChI is InChI=1S/C8H13O3/c1-4-5-10-8(9)11-6-7(2)3/h1-2,4-6H2,3H3. The first kappa shape index (κ1) is 10.0. The van der Waals surface area contributed by atoms with Crippen LogP contribution in [-0.2, 0) is 9.47 Å². The molecule has 0 amide bonds. The number of hydrogen-bond acceptors (Lipinski definition) is 3. The first-order chi connectivity index (χ1) is 5.16. The number of rotatable bonds is 4. The van der Waals surface area contributed by atoms with Crippen molar-refractivity contribution in [3.63, 3.8) is 0 Å². The predicted octanol–water partition coefficient (Wildman–Crippen LogP) is 1.94. The number of carbonyl (C=O) groups is 1. The lowest BCUT2D eigenvalue weighted by atomic mass is 10.4. The number of hydrogen-bond donors (Lipinski definition) is 0. The van der Waals surface area contributed by atoms with Gasteiger partial charge in [-0.25, -0.2) is 4.79 Å². The summed E-state index contributed by atoms with van der Waals surface area (Å²) in [4.78, 5) is 10.6. The Hall–Kier alpha value is -0.990. The van der Waals surface area contributed by atoms with E-state index < -0.39 is 6.16 Å². The first-order valence-electron chi connectivity index (χ1n) is 3.40. The average molecular weight is 157 g/mol. The van der Waals surface area contributed by atoms with Gasteiger partial charge in [0.15, 0.2) is 0 Å². The van der Waals surface area contributed by atoms with Crippen LogP contribution in [0.5, 0.6) is 0 Å². The van der Waals surface area contributed by atoms with Crippen LogP contribution in [-0.4, -0.2) is 19.4 Å². The van der Waals surface area contributed by atoms with Crippen molar-refractivity contribution in [2.75, 3.05) is 13.2 Å². The van der Waals surface area contributed by atoms with Gasteiger partial charge in [0, 0.05) is 0 Å². The molecule has 0 aromatic rings. The van der Waals surface area contributed by atoms with Crippen LogP contribution in [0.4, 0.5) is 4.79 Å². The zero-order valence-corrected chi connectivity index (χ0v) is 6.76. The molecule has 11 heavy (non-hydrogen) atoms. The summed E-state index contributed by atoms with van der Waals surface area (Å²) in [6.45, 7) is 9.36. The van der Waals surface area contributed by atoms with E-state index >= 15 is 0 Å². The Morgan fingerprint density at radius 3 is 2.55 bits per heavy atom. The summed E-state index contributed by atoms with van der Waals surface area (Å²) >= 11 is 0. The van der Waals surface area contributed by atoms with E-state index in [0.717, 1.165) is 5.57 Å². The zero-order valence-electron chi connectivity index (χ0n) is 6.76. The van der Waals surface area contributed by atoms with E-state index in [9.17, 15) is 4.79 Å². The molecule has 0 rings (SSSR count). The molecule has 0 aliphatic carbocycles. The Labute approximate surface area is 67.0 Å². The first-order valence-corrected chi connectivity index (χ1v) is 3.40. The van der Waals surface area contributed by atoms with Gasteiger partial charge in [-0.3, -0.25) is 0 Å². The molecule has 0 aromatic carbocycles. The predicted molar refractivity (Wildman–Crippen MR) is 42.1 cm³/mol. The Bertz CT molecular complexity index is 140. The van der Waals surface area contributed by atoms with E-state index in [1.54, 1.807) is 6.92 Å². The summed E-state index contributed by atoms with van der Waals surface area (Å²) in [5.74, 6) is 0. The number of carbonyl (C=O) groups excluding carboxylic acids is 1. The molecule has 0 aliphatic rings. The Kier molecular flexibility index (Phi) is 5.25. The number of ether oxygens (including phenoxy) is 2. The summed E-state index contributed by atoms with van der Waals surface area (Å²) in [6.07, 6.45) is -0.0982. The van der Waals surface area contributed by atoms with Gasteiger partial charge in [-0.15, -0.1) is 0 Å². The zero-order chi connectivity index (χ0) is 8.69. The Morgan fingerprint density at radius 1 is 1.45 bits per heavy atom. The van der Waals surface area contributed by atoms with Crippen LogP contribution in [0.2, 0.25) is 0 Å². The molecule has 63 valence electrons. The van der Waals surface area contributed by atoms with Gasteiger partial charge >= 0.3 is 6.16 Å². The highest BCUT2D eigenvalue weighted by molar-refractivity contribution is 5.59. The monoisotopic (exact) mass is 157 g/mol. The van der Waals surface area contributed by atoms with E-state index in [-0.39, 0.29) is 6.61 Å². The highest BCUT2D eigenvalue weighted by Crippen LogP contribution is 1.92. The molecule has 0 heterocycles. The van der Waals surface area contributed by atoms with Crippen molar-refractivity contribution in [2.45, 2.75) is 13.3 Å². The summed E-state index contributed by atoms with van der Waals surface area (Å²) in [6, 6.07) is 0. The maximum atomic E-state index is 10.6. The van der Waals surface area contributed by atoms with Gasteiger partial charge < -0.3 is 9.47 Å². The molecule has 0 bridgehead atoms. The second kappa shape index (κ2) is 5.77. The molecule has 0 saturated heterocycles. The third-order valence-electron chi connectivity index (χ3n) is 0.801. The highest BCUT2D eigenvalue weighted by atomic mass is 16.7. The second-order valence-corrected chi connectivity index (χ2v) is 2.20. The molecule has 0 atom stereocenters. The van der Waals surface area contributed by atoms with Crippen molar-refractivity contribution >= 4 is 6.16 Å². The summed E-state index contributed by atoms with van der Waals surface area (Å²) in [5, 5.41) is 0. The third-order valence-corrected chi connectivity index (χ3v) is 0.801. The minimum Gasteiger partial charge on any atom is -0.434 e. The average Bonchev–Trinajstić information content (AvgIpc) is 1.97. The van der Waals surface area contributed by atoms with Crippen LogP contribution in [0.1, 0.15) is 13.3 Å². The van der Waals surface area contributed by atoms with Crippen LogP contribution in [0, 0.1) is 6.92 Å². The largest absolute Gasteiger partial charge is 0.508 e. The van der Waals surface area contributed by atoms with Crippen molar-refractivity contribution in [1.82, 2.24) is 0 Å². The third kappa shape index (κ3) is 6.90. The van der Waals surface area contributed by atoms with E-state index in [0.29, 0.717) is 13.0 Å². The summed E-state index contributed by atoms with van der Waals surface area (Å²) < 4.78 is 9.19. The maximum absolute atomic E-state index is 10.6. The normalized spacial score (nSPS) is 8.91. The molecule has 0 spiro atoms. The molecule has 0 aromatic heterocycles. The van der Waals surface area contributed by atoms with Crippen LogP contribution in [0.25, 0.3) is 0 Å². The highest BCUT2D eigenvalue weighted by Gasteiger charge is 2.00. The topological polar surface area (TPSA) is 35.5 Å². The Balaban J connectivity index is 3.30. The molecule has 0 N–H and O–H groups in total. The fraction of sp³-hybridized carbons (Fsp3) is 0.500. The minimum absolute atomic E-state index is 0.218. The van der Waals surface area contributed by atoms with Gasteiger partial charge in [-0.05, 0) is 25.8 Å². The Morgan fingerprint density at radius 2 is 2.09 bits per heavy atom. The van der Waals surface area contributed by atoms with E-state index in [4.69, 9.17) is 0 Å². The van der Waals surface area contributed by atoms with Crippen molar-refractivity contribution in [1.29, 1.82) is 0 Å². The molecule has 0 aliphatic heterocycles. The lowest BCUT2D eigenvalue weighted by Crippen LogP contribution is -2.09. The van der Waals surface area contributed by atoms with Crippen molar-refractivity contribution in [3.8, 4) is 0 Å². The molecule has 0 saturated carbocycles. The van der Waals surface area contributed by atoms with Gasteiger partial charge in [-0.1, -0.05) is 6.58 Å². The van der Waals surface area contributed by atoms with E-state index in [2.05, 4.69) is 23.0 Å². The summed E-state index contributed by atoms with van der Waals surface area (Å²) in [7, 11) is 0. The summed E-state index contributed by atoms with van der Waals surface area (Å²) in [5.41, 5.74) is 0.788. The minimum atomic E-state index is -0.656. The molecular weight excluding hydrogens is 144 g/mol. The molecule has 0 unspecified atom stereocenters. The lowest BCUT2D eigenvalue weighted by molar-refractivity contribution is 0.0628. The van der Waals surface area contributed by atoms with Gasteiger partial charge in [0.25, 0.3) is 0 Å². The SMILES string of the molecule is [CH2]CCOC(=O)OCC(=C)C.